The second-order valence-corrected chi connectivity index (χ2v) is 5.77. The zero-order valence-electron chi connectivity index (χ0n) is 13.2. The van der Waals surface area contributed by atoms with E-state index in [1.807, 2.05) is 0 Å². The summed E-state index contributed by atoms with van der Waals surface area (Å²) >= 11 is 0. The number of nitrogens with one attached hydrogen (secondary N) is 2. The molecule has 0 heterocycles. The molecule has 1 fully saturated rings. The van der Waals surface area contributed by atoms with Crippen molar-refractivity contribution in [3.8, 4) is 11.8 Å². The van der Waals surface area contributed by atoms with E-state index in [2.05, 4.69) is 16.7 Å². The Hall–Kier alpha value is -2.55. The van der Waals surface area contributed by atoms with E-state index in [1.54, 1.807) is 24.3 Å². The van der Waals surface area contributed by atoms with Gasteiger partial charge in [0.2, 0.25) is 5.91 Å². The van der Waals surface area contributed by atoms with Crippen LogP contribution in [-0.4, -0.2) is 24.0 Å². The summed E-state index contributed by atoms with van der Waals surface area (Å²) in [6.45, 7) is 1.21. The van der Waals surface area contributed by atoms with Gasteiger partial charge in [-0.2, -0.15) is 5.26 Å². The number of amides is 2. The molecule has 23 heavy (non-hydrogen) atoms. The van der Waals surface area contributed by atoms with Crippen LogP contribution in [0.5, 0.6) is 5.75 Å². The van der Waals surface area contributed by atoms with E-state index in [9.17, 15) is 14.9 Å². The summed E-state index contributed by atoms with van der Waals surface area (Å²) in [4.78, 5) is 23.3. The van der Waals surface area contributed by atoms with Crippen molar-refractivity contribution in [1.82, 2.24) is 5.32 Å². The molecule has 1 aromatic rings. The molecule has 6 heteroatoms. The fourth-order valence-corrected chi connectivity index (χ4v) is 2.75. The van der Waals surface area contributed by atoms with E-state index in [0.717, 1.165) is 19.3 Å². The van der Waals surface area contributed by atoms with Crippen LogP contribution in [-0.2, 0) is 9.59 Å². The first-order chi connectivity index (χ1) is 11.0. The molecule has 2 rings (SSSR count). The van der Waals surface area contributed by atoms with Crippen molar-refractivity contribution in [2.45, 2.75) is 44.6 Å². The van der Waals surface area contributed by atoms with Crippen molar-refractivity contribution < 1.29 is 14.3 Å². The van der Waals surface area contributed by atoms with Crippen LogP contribution in [0, 0.1) is 11.3 Å². The van der Waals surface area contributed by atoms with Gasteiger partial charge in [-0.25, -0.2) is 0 Å². The minimum Gasteiger partial charge on any atom is -0.482 e. The van der Waals surface area contributed by atoms with Gasteiger partial charge in [0.25, 0.3) is 5.91 Å². The summed E-state index contributed by atoms with van der Waals surface area (Å²) in [6, 6.07) is 9.15. The Morgan fingerprint density at radius 3 is 2.61 bits per heavy atom. The van der Waals surface area contributed by atoms with Crippen molar-refractivity contribution >= 4 is 17.5 Å². The van der Waals surface area contributed by atoms with Crippen LogP contribution < -0.4 is 15.4 Å². The molecule has 0 spiro atoms. The summed E-state index contributed by atoms with van der Waals surface area (Å²) in [5.41, 5.74) is -0.254. The highest BCUT2D eigenvalue weighted by Crippen LogP contribution is 2.28. The average molecular weight is 315 g/mol. The predicted molar refractivity (Wildman–Crippen MR) is 85.8 cm³/mol. The molecule has 122 valence electrons. The number of ether oxygens (including phenoxy) is 1. The van der Waals surface area contributed by atoms with Gasteiger partial charge >= 0.3 is 0 Å². The second-order valence-electron chi connectivity index (χ2n) is 5.77. The number of carbonyl (C=O) groups is 2. The van der Waals surface area contributed by atoms with Gasteiger partial charge in [0.1, 0.15) is 11.3 Å². The summed E-state index contributed by atoms with van der Waals surface area (Å²) in [7, 11) is 0. The van der Waals surface area contributed by atoms with Gasteiger partial charge in [-0.05, 0) is 25.0 Å². The fourth-order valence-electron chi connectivity index (χ4n) is 2.75. The van der Waals surface area contributed by atoms with E-state index in [4.69, 9.17) is 4.74 Å². The SMILES string of the molecule is CC(=O)Nc1ccccc1OCC(=O)NC1(C#N)CCCCC1. The Morgan fingerprint density at radius 2 is 1.96 bits per heavy atom. The van der Waals surface area contributed by atoms with Crippen LogP contribution >= 0.6 is 0 Å². The summed E-state index contributed by atoms with van der Waals surface area (Å²) < 4.78 is 5.49. The number of anilines is 1. The first-order valence-corrected chi connectivity index (χ1v) is 7.76. The molecule has 6 nitrogen and oxygen atoms in total. The number of hydrogen-bond donors (Lipinski definition) is 2. The molecule has 0 radical (unpaired) electrons. The third-order valence-electron chi connectivity index (χ3n) is 3.86. The van der Waals surface area contributed by atoms with Crippen LogP contribution in [0.25, 0.3) is 0 Å². The summed E-state index contributed by atoms with van der Waals surface area (Å²) in [5.74, 6) is -0.116. The maximum absolute atomic E-state index is 12.1. The highest BCUT2D eigenvalue weighted by Gasteiger charge is 2.33. The van der Waals surface area contributed by atoms with Crippen molar-refractivity contribution in [2.24, 2.45) is 0 Å². The predicted octanol–water partition coefficient (Wildman–Crippen LogP) is 2.37. The highest BCUT2D eigenvalue weighted by atomic mass is 16.5. The second kappa shape index (κ2) is 7.63. The van der Waals surface area contributed by atoms with E-state index < -0.39 is 5.54 Å². The van der Waals surface area contributed by atoms with E-state index >= 15 is 0 Å². The van der Waals surface area contributed by atoms with Gasteiger partial charge in [0.05, 0.1) is 11.8 Å². The van der Waals surface area contributed by atoms with Crippen molar-refractivity contribution in [2.75, 3.05) is 11.9 Å². The first-order valence-electron chi connectivity index (χ1n) is 7.76. The Bertz CT molecular complexity index is 616. The lowest BCUT2D eigenvalue weighted by molar-refractivity contribution is -0.124. The van der Waals surface area contributed by atoms with Crippen LogP contribution in [0.3, 0.4) is 0 Å². The Kier molecular flexibility index (Phi) is 5.58. The molecule has 0 bridgehead atoms. The molecule has 1 aliphatic carbocycles. The molecule has 1 aliphatic rings. The van der Waals surface area contributed by atoms with E-state index in [0.29, 0.717) is 24.3 Å². The molecule has 2 amide bonds. The van der Waals surface area contributed by atoms with Crippen LogP contribution in [0.15, 0.2) is 24.3 Å². The van der Waals surface area contributed by atoms with Gasteiger partial charge in [-0.1, -0.05) is 31.4 Å². The van der Waals surface area contributed by atoms with Gasteiger partial charge in [0, 0.05) is 6.92 Å². The van der Waals surface area contributed by atoms with Crippen LogP contribution in [0.1, 0.15) is 39.0 Å². The van der Waals surface area contributed by atoms with Crippen LogP contribution in [0.4, 0.5) is 5.69 Å². The number of hydrogen-bond acceptors (Lipinski definition) is 4. The smallest absolute Gasteiger partial charge is 0.259 e. The summed E-state index contributed by atoms with van der Waals surface area (Å²) in [5, 5.41) is 14.8. The number of benzene rings is 1. The molecular formula is C17H21N3O3. The first kappa shape index (κ1) is 16.8. The molecular weight excluding hydrogens is 294 g/mol. The van der Waals surface area contributed by atoms with E-state index in [1.165, 1.54) is 6.92 Å². The number of para-hydroxylation sites is 2. The average Bonchev–Trinajstić information content (AvgIpc) is 2.54. The molecule has 0 aromatic heterocycles. The normalized spacial score (nSPS) is 16.0. The van der Waals surface area contributed by atoms with Gasteiger partial charge < -0.3 is 15.4 Å². The minimum absolute atomic E-state index is 0.194. The molecule has 0 unspecified atom stereocenters. The molecule has 0 saturated heterocycles. The molecule has 1 saturated carbocycles. The van der Waals surface area contributed by atoms with Crippen LogP contribution in [0.2, 0.25) is 0 Å². The monoisotopic (exact) mass is 315 g/mol. The topological polar surface area (TPSA) is 91.2 Å². The minimum atomic E-state index is -0.768. The van der Waals surface area contributed by atoms with Gasteiger partial charge in [-0.15, -0.1) is 0 Å². The third-order valence-corrected chi connectivity index (χ3v) is 3.86. The maximum Gasteiger partial charge on any atom is 0.259 e. The zero-order valence-corrected chi connectivity index (χ0v) is 13.2. The lowest BCUT2D eigenvalue weighted by Gasteiger charge is -2.31. The Balaban J connectivity index is 1.94. The maximum atomic E-state index is 12.1. The fraction of sp³-hybridized carbons (Fsp3) is 0.471. The molecule has 1 aromatic carbocycles. The standard InChI is InChI=1S/C17H21N3O3/c1-13(21)19-14-7-3-4-8-15(14)23-11-16(22)20-17(12-18)9-5-2-6-10-17/h3-4,7-8H,2,5-6,9-11H2,1H3,(H,19,21)(H,20,22). The van der Waals surface area contributed by atoms with Gasteiger partial charge in [0.15, 0.2) is 6.61 Å². The molecule has 2 N–H and O–H groups in total. The lowest BCUT2D eigenvalue weighted by atomic mass is 9.83. The molecule has 0 atom stereocenters. The highest BCUT2D eigenvalue weighted by molar-refractivity contribution is 5.90. The Morgan fingerprint density at radius 1 is 1.26 bits per heavy atom. The molecule has 0 aliphatic heterocycles. The largest absolute Gasteiger partial charge is 0.482 e. The zero-order chi connectivity index (χ0) is 16.7. The lowest BCUT2D eigenvalue weighted by Crippen LogP contribution is -2.50. The summed E-state index contributed by atoms with van der Waals surface area (Å²) in [6.07, 6.45) is 4.34. The van der Waals surface area contributed by atoms with Crippen molar-refractivity contribution in [3.63, 3.8) is 0 Å². The number of nitriles is 1. The van der Waals surface area contributed by atoms with E-state index in [-0.39, 0.29) is 18.4 Å². The number of carbonyl (C=O) groups excluding carboxylic acids is 2. The third kappa shape index (κ3) is 4.71. The van der Waals surface area contributed by atoms with Gasteiger partial charge in [-0.3, -0.25) is 9.59 Å². The Labute approximate surface area is 135 Å². The van der Waals surface area contributed by atoms with Crippen molar-refractivity contribution in [1.29, 1.82) is 5.26 Å². The quantitative estimate of drug-likeness (QED) is 0.872. The van der Waals surface area contributed by atoms with Crippen molar-refractivity contribution in [3.05, 3.63) is 24.3 Å². The number of rotatable bonds is 5. The number of nitrogens with zero attached hydrogens (tertiary/aromatic N) is 1.